The number of aryl methyl sites for hydroxylation is 1. The molecule has 6 nitrogen and oxygen atoms in total. The Hall–Kier alpha value is -2.63. The third-order valence-corrected chi connectivity index (χ3v) is 4.45. The highest BCUT2D eigenvalue weighted by Crippen LogP contribution is 2.23. The summed E-state index contributed by atoms with van der Waals surface area (Å²) in [6.45, 7) is 6.11. The van der Waals surface area contributed by atoms with Crippen LogP contribution in [0.1, 0.15) is 44.9 Å². The van der Waals surface area contributed by atoms with Crippen LogP contribution in [0.2, 0.25) is 0 Å². The van der Waals surface area contributed by atoms with Crippen molar-refractivity contribution in [3.63, 3.8) is 0 Å². The van der Waals surface area contributed by atoms with E-state index in [4.69, 9.17) is 0 Å². The molecule has 0 bridgehead atoms. The average molecular weight is 353 g/mol. The maximum Gasteiger partial charge on any atom is 0.224 e. The Morgan fingerprint density at radius 1 is 1.12 bits per heavy atom. The van der Waals surface area contributed by atoms with Gasteiger partial charge in [0.25, 0.3) is 0 Å². The van der Waals surface area contributed by atoms with Gasteiger partial charge in [-0.05, 0) is 50.5 Å². The van der Waals surface area contributed by atoms with E-state index in [0.29, 0.717) is 6.42 Å². The van der Waals surface area contributed by atoms with Gasteiger partial charge in [-0.15, -0.1) is 0 Å². The molecule has 1 aromatic carbocycles. The van der Waals surface area contributed by atoms with E-state index in [1.54, 1.807) is 0 Å². The SMILES string of the molecule is CCCCC(=O)Nc1ccc(Nc2cc(N3CCCC3)nc(C)n2)cc1. The quantitative estimate of drug-likeness (QED) is 0.778. The topological polar surface area (TPSA) is 70.2 Å². The molecule has 1 aromatic heterocycles. The summed E-state index contributed by atoms with van der Waals surface area (Å²) in [6.07, 6.45) is 4.94. The molecule has 0 saturated carbocycles. The minimum Gasteiger partial charge on any atom is -0.356 e. The van der Waals surface area contributed by atoms with Crippen LogP contribution in [-0.4, -0.2) is 29.0 Å². The number of hydrogen-bond acceptors (Lipinski definition) is 5. The summed E-state index contributed by atoms with van der Waals surface area (Å²) in [5, 5.41) is 6.26. The molecular weight excluding hydrogens is 326 g/mol. The van der Waals surface area contributed by atoms with Gasteiger partial charge in [-0.1, -0.05) is 13.3 Å². The van der Waals surface area contributed by atoms with Crippen LogP contribution in [0.4, 0.5) is 23.0 Å². The van der Waals surface area contributed by atoms with Gasteiger partial charge in [-0.3, -0.25) is 4.79 Å². The summed E-state index contributed by atoms with van der Waals surface area (Å²) in [5.41, 5.74) is 1.75. The number of hydrogen-bond donors (Lipinski definition) is 2. The van der Waals surface area contributed by atoms with Gasteiger partial charge in [0, 0.05) is 37.0 Å². The van der Waals surface area contributed by atoms with Crippen molar-refractivity contribution in [1.29, 1.82) is 0 Å². The third kappa shape index (κ3) is 4.94. The highest BCUT2D eigenvalue weighted by Gasteiger charge is 2.15. The zero-order valence-corrected chi connectivity index (χ0v) is 15.6. The highest BCUT2D eigenvalue weighted by atomic mass is 16.1. The number of rotatable bonds is 7. The van der Waals surface area contributed by atoms with Crippen LogP contribution >= 0.6 is 0 Å². The first-order valence-corrected chi connectivity index (χ1v) is 9.41. The summed E-state index contributed by atoms with van der Waals surface area (Å²) >= 11 is 0. The van der Waals surface area contributed by atoms with Gasteiger partial charge in [0.2, 0.25) is 5.91 Å². The van der Waals surface area contributed by atoms with Crippen LogP contribution < -0.4 is 15.5 Å². The number of nitrogens with zero attached hydrogens (tertiary/aromatic N) is 3. The normalized spacial score (nSPS) is 13.7. The molecular formula is C20H27N5O. The summed E-state index contributed by atoms with van der Waals surface area (Å²) in [7, 11) is 0. The number of amides is 1. The molecule has 1 aliphatic rings. The molecule has 0 radical (unpaired) electrons. The number of carbonyl (C=O) groups excluding carboxylic acids is 1. The van der Waals surface area contributed by atoms with Crippen molar-refractivity contribution in [3.05, 3.63) is 36.2 Å². The summed E-state index contributed by atoms with van der Waals surface area (Å²) in [4.78, 5) is 23.1. The number of anilines is 4. The smallest absolute Gasteiger partial charge is 0.224 e. The molecule has 2 N–H and O–H groups in total. The Kier molecular flexibility index (Phi) is 6.04. The van der Waals surface area contributed by atoms with E-state index in [1.807, 2.05) is 37.3 Å². The van der Waals surface area contributed by atoms with E-state index < -0.39 is 0 Å². The highest BCUT2D eigenvalue weighted by molar-refractivity contribution is 5.90. The van der Waals surface area contributed by atoms with Crippen LogP contribution in [0.25, 0.3) is 0 Å². The summed E-state index contributed by atoms with van der Waals surface area (Å²) < 4.78 is 0. The Bertz CT molecular complexity index is 738. The number of nitrogens with one attached hydrogen (secondary N) is 2. The molecule has 1 amide bonds. The van der Waals surface area contributed by atoms with Crippen LogP contribution in [-0.2, 0) is 4.79 Å². The van der Waals surface area contributed by atoms with Gasteiger partial charge in [0.15, 0.2) is 0 Å². The van der Waals surface area contributed by atoms with E-state index in [-0.39, 0.29) is 5.91 Å². The predicted molar refractivity (Wildman–Crippen MR) is 106 cm³/mol. The van der Waals surface area contributed by atoms with Crippen LogP contribution in [0.3, 0.4) is 0 Å². The fourth-order valence-corrected chi connectivity index (χ4v) is 3.07. The van der Waals surface area contributed by atoms with Gasteiger partial charge in [-0.2, -0.15) is 0 Å². The maximum absolute atomic E-state index is 11.8. The molecule has 1 saturated heterocycles. The molecule has 0 spiro atoms. The van der Waals surface area contributed by atoms with E-state index in [2.05, 4.69) is 32.4 Å². The first kappa shape index (κ1) is 18.2. The van der Waals surface area contributed by atoms with Gasteiger partial charge in [0.05, 0.1) is 0 Å². The van der Waals surface area contributed by atoms with Crippen LogP contribution in [0.15, 0.2) is 30.3 Å². The second kappa shape index (κ2) is 8.65. The summed E-state index contributed by atoms with van der Waals surface area (Å²) in [5.74, 6) is 2.60. The lowest BCUT2D eigenvalue weighted by molar-refractivity contribution is -0.116. The first-order valence-electron chi connectivity index (χ1n) is 9.41. The van der Waals surface area contributed by atoms with Crippen molar-refractivity contribution >= 4 is 28.9 Å². The molecule has 138 valence electrons. The van der Waals surface area contributed by atoms with Crippen molar-refractivity contribution in [3.8, 4) is 0 Å². The fourth-order valence-electron chi connectivity index (χ4n) is 3.07. The first-order chi connectivity index (χ1) is 12.6. The maximum atomic E-state index is 11.8. The molecule has 2 heterocycles. The second-order valence-corrected chi connectivity index (χ2v) is 6.71. The molecule has 6 heteroatoms. The van der Waals surface area contributed by atoms with Crippen LogP contribution in [0, 0.1) is 6.92 Å². The number of benzene rings is 1. The molecule has 0 unspecified atom stereocenters. The molecule has 3 rings (SSSR count). The number of carbonyl (C=O) groups is 1. The third-order valence-electron chi connectivity index (χ3n) is 4.45. The predicted octanol–water partition coefficient (Wildman–Crippen LogP) is 4.26. The molecule has 0 atom stereocenters. The summed E-state index contributed by atoms with van der Waals surface area (Å²) in [6, 6.07) is 9.70. The fraction of sp³-hybridized carbons (Fsp3) is 0.450. The van der Waals surface area contributed by atoms with Crippen molar-refractivity contribution < 1.29 is 4.79 Å². The van der Waals surface area contributed by atoms with Gasteiger partial charge < -0.3 is 15.5 Å². The standard InChI is InChI=1S/C20H27N5O/c1-3-4-7-20(26)24-17-10-8-16(9-11-17)23-18-14-19(22-15(2)21-18)25-12-5-6-13-25/h8-11,14H,3-7,12-13H2,1-2H3,(H,24,26)(H,21,22,23). The van der Waals surface area contributed by atoms with E-state index in [0.717, 1.165) is 54.8 Å². The molecule has 1 fully saturated rings. The molecule has 2 aromatic rings. The average Bonchev–Trinajstić information content (AvgIpc) is 3.16. The van der Waals surface area contributed by atoms with Crippen LogP contribution in [0.5, 0.6) is 0 Å². The van der Waals surface area contributed by atoms with E-state index in [9.17, 15) is 4.79 Å². The monoisotopic (exact) mass is 353 g/mol. The lowest BCUT2D eigenvalue weighted by Crippen LogP contribution is -2.19. The Morgan fingerprint density at radius 2 is 1.81 bits per heavy atom. The van der Waals surface area contributed by atoms with Gasteiger partial charge >= 0.3 is 0 Å². The number of unbranched alkanes of at least 4 members (excludes halogenated alkanes) is 1. The van der Waals surface area contributed by atoms with Crippen molar-refractivity contribution in [2.45, 2.75) is 46.0 Å². The minimum atomic E-state index is 0.0641. The van der Waals surface area contributed by atoms with Crippen molar-refractivity contribution in [2.75, 3.05) is 28.6 Å². The van der Waals surface area contributed by atoms with E-state index >= 15 is 0 Å². The largest absolute Gasteiger partial charge is 0.356 e. The lowest BCUT2D eigenvalue weighted by atomic mass is 10.2. The van der Waals surface area contributed by atoms with Gasteiger partial charge in [0.1, 0.15) is 17.5 Å². The Labute approximate surface area is 155 Å². The minimum absolute atomic E-state index is 0.0641. The molecule has 0 aliphatic carbocycles. The van der Waals surface area contributed by atoms with Crippen molar-refractivity contribution in [2.24, 2.45) is 0 Å². The number of aromatic nitrogens is 2. The van der Waals surface area contributed by atoms with Gasteiger partial charge in [-0.25, -0.2) is 9.97 Å². The second-order valence-electron chi connectivity index (χ2n) is 6.71. The van der Waals surface area contributed by atoms with Crippen molar-refractivity contribution in [1.82, 2.24) is 9.97 Å². The molecule has 1 aliphatic heterocycles. The van der Waals surface area contributed by atoms with E-state index in [1.165, 1.54) is 12.8 Å². The lowest BCUT2D eigenvalue weighted by Gasteiger charge is -2.18. The zero-order chi connectivity index (χ0) is 18.4. The zero-order valence-electron chi connectivity index (χ0n) is 15.6. The Morgan fingerprint density at radius 3 is 2.50 bits per heavy atom. The Balaban J connectivity index is 1.64. The molecule has 26 heavy (non-hydrogen) atoms.